The Labute approximate surface area is 94.1 Å². The first-order valence-corrected chi connectivity index (χ1v) is 5.15. The van der Waals surface area contributed by atoms with Crippen molar-refractivity contribution < 1.29 is 0 Å². The molecule has 0 unspecified atom stereocenters. The Bertz CT molecular complexity index is 475. The molecule has 3 N–H and O–H groups in total. The molecule has 6 heteroatoms. The van der Waals surface area contributed by atoms with Gasteiger partial charge in [-0.1, -0.05) is 0 Å². The number of likely N-dealkylation sites (N-methyl/N-ethyl adjacent to an activating group) is 1. The lowest BCUT2D eigenvalue weighted by Gasteiger charge is -2.11. The minimum atomic E-state index is 0.297. The van der Waals surface area contributed by atoms with Crippen LogP contribution >= 0.6 is 0 Å². The maximum Gasteiger partial charge on any atom is 0.240 e. The van der Waals surface area contributed by atoms with E-state index in [0.717, 1.165) is 24.4 Å². The molecule has 0 saturated carbocycles. The van der Waals surface area contributed by atoms with Crippen molar-refractivity contribution in [1.29, 1.82) is 0 Å². The molecule has 0 aliphatic carbocycles. The van der Waals surface area contributed by atoms with Gasteiger partial charge in [0, 0.05) is 31.0 Å². The summed E-state index contributed by atoms with van der Waals surface area (Å²) in [6.45, 7) is 1.88. The summed E-state index contributed by atoms with van der Waals surface area (Å²) in [6, 6.07) is 3.88. The first-order chi connectivity index (χ1) is 7.65. The predicted octanol–water partition coefficient (Wildman–Crippen LogP) is 0.285. The van der Waals surface area contributed by atoms with Crippen LogP contribution in [0.5, 0.6) is 0 Å². The Balaban J connectivity index is 2.07. The third-order valence-corrected chi connectivity index (χ3v) is 2.24. The Kier molecular flexibility index (Phi) is 2.91. The van der Waals surface area contributed by atoms with Gasteiger partial charge in [0.15, 0.2) is 5.65 Å². The van der Waals surface area contributed by atoms with Gasteiger partial charge in [0.05, 0.1) is 0 Å². The van der Waals surface area contributed by atoms with Crippen LogP contribution in [0, 0.1) is 0 Å². The van der Waals surface area contributed by atoms with E-state index < -0.39 is 0 Å². The number of hydrogen-bond acceptors (Lipinski definition) is 5. The van der Waals surface area contributed by atoms with E-state index in [9.17, 15) is 0 Å². The highest BCUT2D eigenvalue weighted by Gasteiger charge is 2.00. The van der Waals surface area contributed by atoms with Crippen molar-refractivity contribution in [3.05, 3.63) is 18.3 Å². The highest BCUT2D eigenvalue weighted by molar-refractivity contribution is 5.55. The van der Waals surface area contributed by atoms with E-state index in [0.29, 0.717) is 5.95 Å². The number of nitrogens with zero attached hydrogens (tertiary/aromatic N) is 4. The molecule has 0 aliphatic heterocycles. The van der Waals surface area contributed by atoms with Crippen LogP contribution in [-0.4, -0.2) is 46.7 Å². The molecule has 2 heterocycles. The molecular weight excluding hydrogens is 204 g/mol. The third kappa shape index (κ3) is 2.40. The number of rotatable bonds is 4. The van der Waals surface area contributed by atoms with Gasteiger partial charge in [-0.05, 0) is 20.2 Å². The molecule has 2 aromatic rings. The molecule has 0 aromatic carbocycles. The van der Waals surface area contributed by atoms with Gasteiger partial charge in [0.2, 0.25) is 5.95 Å². The van der Waals surface area contributed by atoms with Crippen LogP contribution in [0.25, 0.3) is 5.65 Å². The van der Waals surface area contributed by atoms with Crippen molar-refractivity contribution >= 4 is 17.3 Å². The predicted molar refractivity (Wildman–Crippen MR) is 64.4 cm³/mol. The third-order valence-electron chi connectivity index (χ3n) is 2.24. The highest BCUT2D eigenvalue weighted by Crippen LogP contribution is 2.10. The van der Waals surface area contributed by atoms with Crippen molar-refractivity contribution in [1.82, 2.24) is 19.5 Å². The van der Waals surface area contributed by atoms with Crippen LogP contribution in [0.4, 0.5) is 11.6 Å². The van der Waals surface area contributed by atoms with Crippen LogP contribution < -0.4 is 11.1 Å². The maximum atomic E-state index is 5.51. The Morgan fingerprint density at radius 3 is 3.06 bits per heavy atom. The second-order valence-electron chi connectivity index (χ2n) is 3.92. The van der Waals surface area contributed by atoms with Gasteiger partial charge in [-0.25, -0.2) is 4.52 Å². The molecule has 0 saturated heterocycles. The summed E-state index contributed by atoms with van der Waals surface area (Å²) in [5, 5.41) is 7.32. The first kappa shape index (κ1) is 10.7. The minimum absolute atomic E-state index is 0.297. The molecule has 86 valence electrons. The minimum Gasteiger partial charge on any atom is -0.384 e. The summed E-state index contributed by atoms with van der Waals surface area (Å²) in [6.07, 6.45) is 1.84. The van der Waals surface area contributed by atoms with Gasteiger partial charge in [0.25, 0.3) is 0 Å². The number of nitrogens with one attached hydrogen (secondary N) is 1. The molecule has 2 rings (SSSR count). The van der Waals surface area contributed by atoms with Gasteiger partial charge in [-0.3, -0.25) is 0 Å². The van der Waals surface area contributed by atoms with Crippen LogP contribution in [0.15, 0.2) is 18.3 Å². The normalized spacial score (nSPS) is 11.2. The summed E-state index contributed by atoms with van der Waals surface area (Å²) in [5.74, 6) is 0.297. The Morgan fingerprint density at radius 2 is 2.31 bits per heavy atom. The summed E-state index contributed by atoms with van der Waals surface area (Å²) in [4.78, 5) is 6.22. The van der Waals surface area contributed by atoms with E-state index >= 15 is 0 Å². The average molecular weight is 220 g/mol. The summed E-state index contributed by atoms with van der Waals surface area (Å²) < 4.78 is 1.66. The number of pyridine rings is 1. The zero-order chi connectivity index (χ0) is 11.5. The monoisotopic (exact) mass is 220 g/mol. The number of nitrogens with two attached hydrogens (primary N) is 1. The molecule has 0 amide bonds. The summed E-state index contributed by atoms with van der Waals surface area (Å²) >= 11 is 0. The second-order valence-corrected chi connectivity index (χ2v) is 3.92. The zero-order valence-corrected chi connectivity index (χ0v) is 9.51. The molecule has 0 spiro atoms. The van der Waals surface area contributed by atoms with Gasteiger partial charge in [0.1, 0.15) is 0 Å². The molecule has 0 bridgehead atoms. The number of fused-ring (bicyclic) bond motifs is 1. The fraction of sp³-hybridized carbons (Fsp3) is 0.400. The largest absolute Gasteiger partial charge is 0.384 e. The van der Waals surface area contributed by atoms with Gasteiger partial charge < -0.3 is 16.0 Å². The molecular formula is C10H16N6. The van der Waals surface area contributed by atoms with Crippen molar-refractivity contribution in [3.8, 4) is 0 Å². The molecule has 6 nitrogen and oxygen atoms in total. The number of anilines is 2. The lowest BCUT2D eigenvalue weighted by molar-refractivity contribution is 0.425. The van der Waals surface area contributed by atoms with Crippen molar-refractivity contribution in [2.75, 3.05) is 38.2 Å². The Hall–Kier alpha value is -1.82. The fourth-order valence-electron chi connectivity index (χ4n) is 1.43. The van der Waals surface area contributed by atoms with E-state index in [1.54, 1.807) is 4.52 Å². The number of hydrogen-bond donors (Lipinski definition) is 2. The first-order valence-electron chi connectivity index (χ1n) is 5.15. The Morgan fingerprint density at radius 1 is 1.50 bits per heavy atom. The van der Waals surface area contributed by atoms with Crippen LogP contribution in [0.2, 0.25) is 0 Å². The lowest BCUT2D eigenvalue weighted by atomic mass is 10.4. The summed E-state index contributed by atoms with van der Waals surface area (Å²) in [5.41, 5.74) is 7.30. The lowest BCUT2D eigenvalue weighted by Crippen LogP contribution is -2.20. The van der Waals surface area contributed by atoms with E-state index in [2.05, 4.69) is 20.3 Å². The van der Waals surface area contributed by atoms with Crippen LogP contribution in [0.1, 0.15) is 0 Å². The fourth-order valence-corrected chi connectivity index (χ4v) is 1.43. The van der Waals surface area contributed by atoms with Gasteiger partial charge in [-0.2, -0.15) is 4.98 Å². The highest BCUT2D eigenvalue weighted by atomic mass is 15.3. The summed E-state index contributed by atoms with van der Waals surface area (Å²) in [7, 11) is 4.09. The van der Waals surface area contributed by atoms with Gasteiger partial charge in [-0.15, -0.1) is 5.10 Å². The molecule has 16 heavy (non-hydrogen) atoms. The van der Waals surface area contributed by atoms with E-state index in [4.69, 9.17) is 5.73 Å². The van der Waals surface area contributed by atoms with Crippen molar-refractivity contribution in [2.24, 2.45) is 0 Å². The van der Waals surface area contributed by atoms with Crippen LogP contribution in [-0.2, 0) is 0 Å². The molecule has 0 aliphatic rings. The molecule has 0 atom stereocenters. The maximum absolute atomic E-state index is 5.51. The molecule has 0 fully saturated rings. The quantitative estimate of drug-likeness (QED) is 0.774. The molecule has 0 radical (unpaired) electrons. The van der Waals surface area contributed by atoms with Crippen molar-refractivity contribution in [2.45, 2.75) is 0 Å². The second kappa shape index (κ2) is 4.36. The van der Waals surface area contributed by atoms with Crippen molar-refractivity contribution in [3.63, 3.8) is 0 Å². The zero-order valence-electron chi connectivity index (χ0n) is 9.51. The van der Waals surface area contributed by atoms with Gasteiger partial charge >= 0.3 is 0 Å². The van der Waals surface area contributed by atoms with Crippen LogP contribution in [0.3, 0.4) is 0 Å². The standard InChI is InChI=1S/C10H16N6/c1-15(2)6-4-12-8-3-5-16-9(7-8)13-10(11)14-16/h3,5,7,12H,4,6H2,1-2H3,(H2,11,14). The average Bonchev–Trinajstić information content (AvgIpc) is 2.56. The van der Waals surface area contributed by atoms with E-state index in [1.165, 1.54) is 0 Å². The SMILES string of the molecule is CN(C)CCNc1ccn2nc(N)nc2c1. The smallest absolute Gasteiger partial charge is 0.240 e. The molecule has 2 aromatic heterocycles. The topological polar surface area (TPSA) is 71.5 Å². The number of aromatic nitrogens is 3. The van der Waals surface area contributed by atoms with E-state index in [-0.39, 0.29) is 0 Å². The van der Waals surface area contributed by atoms with E-state index in [1.807, 2.05) is 32.4 Å². The number of nitrogen functional groups attached to an aromatic ring is 1.